The van der Waals surface area contributed by atoms with E-state index in [1.54, 1.807) is 12.2 Å². The van der Waals surface area contributed by atoms with Crippen molar-refractivity contribution in [2.75, 3.05) is 6.61 Å². The molecule has 0 amide bonds. The van der Waals surface area contributed by atoms with Crippen LogP contribution in [0.25, 0.3) is 0 Å². The van der Waals surface area contributed by atoms with Crippen molar-refractivity contribution < 1.29 is 10.2 Å². The van der Waals surface area contributed by atoms with E-state index in [0.29, 0.717) is 6.42 Å². The van der Waals surface area contributed by atoms with E-state index in [1.807, 2.05) is 0 Å². The molecule has 0 fully saturated rings. The van der Waals surface area contributed by atoms with Gasteiger partial charge in [-0.25, -0.2) is 0 Å². The molecule has 0 aliphatic heterocycles. The molecule has 0 radical (unpaired) electrons. The molecule has 62 valence electrons. The van der Waals surface area contributed by atoms with Gasteiger partial charge in [-0.1, -0.05) is 30.4 Å². The number of hydrogen-bond donors (Lipinski definition) is 2. The molecule has 0 saturated carbocycles. The van der Waals surface area contributed by atoms with Gasteiger partial charge in [-0.15, -0.1) is 6.58 Å². The highest BCUT2D eigenvalue weighted by Crippen LogP contribution is 2.04. The molecular formula is C9H14O2. The van der Waals surface area contributed by atoms with Crippen molar-refractivity contribution in [2.45, 2.75) is 12.5 Å². The van der Waals surface area contributed by atoms with Crippen LogP contribution in [0.2, 0.25) is 0 Å². The molecule has 2 N–H and O–H groups in total. The number of aliphatic hydroxyl groups is 2. The number of rotatable bonds is 5. The average molecular weight is 154 g/mol. The van der Waals surface area contributed by atoms with Gasteiger partial charge in [-0.05, 0) is 0 Å². The molecule has 0 heterocycles. The zero-order valence-electron chi connectivity index (χ0n) is 6.53. The van der Waals surface area contributed by atoms with Crippen LogP contribution in [-0.4, -0.2) is 22.9 Å². The maximum Gasteiger partial charge on any atom is 0.0758 e. The summed E-state index contributed by atoms with van der Waals surface area (Å²) in [4.78, 5) is 0. The summed E-state index contributed by atoms with van der Waals surface area (Å²) in [5, 5.41) is 17.4. The van der Waals surface area contributed by atoms with Gasteiger partial charge >= 0.3 is 0 Å². The molecule has 2 nitrogen and oxygen atoms in total. The molecule has 0 saturated heterocycles. The second kappa shape index (κ2) is 5.89. The first-order valence-corrected chi connectivity index (χ1v) is 3.46. The number of hydrogen-bond acceptors (Lipinski definition) is 2. The Morgan fingerprint density at radius 1 is 1.55 bits per heavy atom. The van der Waals surface area contributed by atoms with E-state index >= 15 is 0 Å². The second-order valence-electron chi connectivity index (χ2n) is 2.25. The average Bonchev–Trinajstić information content (AvgIpc) is 2.00. The minimum absolute atomic E-state index is 0.00318. The molecule has 11 heavy (non-hydrogen) atoms. The molecule has 0 spiro atoms. The Morgan fingerprint density at radius 3 is 2.64 bits per heavy atom. The zero-order valence-corrected chi connectivity index (χ0v) is 6.53. The van der Waals surface area contributed by atoms with Crippen LogP contribution in [0.5, 0.6) is 0 Å². The van der Waals surface area contributed by atoms with Crippen LogP contribution >= 0.6 is 0 Å². The van der Waals surface area contributed by atoms with Crippen molar-refractivity contribution in [3.05, 3.63) is 37.0 Å². The summed E-state index contributed by atoms with van der Waals surface area (Å²) in [6, 6.07) is 0. The molecule has 0 aliphatic rings. The van der Waals surface area contributed by atoms with E-state index in [4.69, 9.17) is 10.2 Å². The van der Waals surface area contributed by atoms with Crippen molar-refractivity contribution >= 4 is 0 Å². The van der Waals surface area contributed by atoms with E-state index in [2.05, 4.69) is 13.2 Å². The third-order valence-electron chi connectivity index (χ3n) is 1.20. The Bertz CT molecular complexity index is 159. The quantitative estimate of drug-likeness (QED) is 0.458. The lowest BCUT2D eigenvalue weighted by Crippen LogP contribution is -2.01. The molecule has 0 aromatic carbocycles. The minimum atomic E-state index is -0.536. The van der Waals surface area contributed by atoms with Gasteiger partial charge in [0.05, 0.1) is 12.7 Å². The molecule has 0 bridgehead atoms. The monoisotopic (exact) mass is 154 g/mol. The Morgan fingerprint density at radius 2 is 2.18 bits per heavy atom. The van der Waals surface area contributed by atoms with Crippen molar-refractivity contribution in [3.63, 3.8) is 0 Å². The summed E-state index contributed by atoms with van der Waals surface area (Å²) in [5.74, 6) is 0. The third kappa shape index (κ3) is 5.58. The molecule has 0 rings (SSSR count). The highest BCUT2D eigenvalue weighted by Gasteiger charge is 1.97. The zero-order chi connectivity index (χ0) is 8.69. The van der Waals surface area contributed by atoms with Crippen LogP contribution in [0, 0.1) is 0 Å². The molecule has 0 aromatic heterocycles. The Balaban J connectivity index is 3.68. The first-order valence-electron chi connectivity index (χ1n) is 3.46. The van der Waals surface area contributed by atoms with E-state index in [0.717, 1.165) is 5.57 Å². The maximum absolute atomic E-state index is 9.05. The van der Waals surface area contributed by atoms with Crippen LogP contribution in [0.3, 0.4) is 0 Å². The predicted molar refractivity (Wildman–Crippen MR) is 46.2 cm³/mol. The van der Waals surface area contributed by atoms with Crippen molar-refractivity contribution in [1.82, 2.24) is 0 Å². The molecule has 1 unspecified atom stereocenters. The van der Waals surface area contributed by atoms with E-state index < -0.39 is 6.10 Å². The van der Waals surface area contributed by atoms with Crippen LogP contribution in [0.1, 0.15) is 6.42 Å². The van der Waals surface area contributed by atoms with Crippen molar-refractivity contribution in [1.29, 1.82) is 0 Å². The van der Waals surface area contributed by atoms with Crippen LogP contribution < -0.4 is 0 Å². The highest BCUT2D eigenvalue weighted by molar-refractivity contribution is 5.16. The molecule has 1 atom stereocenters. The van der Waals surface area contributed by atoms with Gasteiger partial charge in [0.25, 0.3) is 0 Å². The summed E-state index contributed by atoms with van der Waals surface area (Å²) in [6.45, 7) is 7.11. The van der Waals surface area contributed by atoms with Gasteiger partial charge in [0.15, 0.2) is 0 Å². The van der Waals surface area contributed by atoms with Crippen molar-refractivity contribution in [2.24, 2.45) is 0 Å². The number of aliphatic hydroxyl groups excluding tert-OH is 2. The van der Waals surface area contributed by atoms with Gasteiger partial charge in [0.2, 0.25) is 0 Å². The van der Waals surface area contributed by atoms with Crippen LogP contribution in [0.15, 0.2) is 37.0 Å². The lowest BCUT2D eigenvalue weighted by Gasteiger charge is -2.03. The fourth-order valence-electron chi connectivity index (χ4n) is 0.639. The van der Waals surface area contributed by atoms with Gasteiger partial charge in [0, 0.05) is 6.42 Å². The standard InChI is InChI=1S/C9H14O2/c1-3-9(11)7-8(2)5-4-6-10/h3-5,9-11H,1-2,6-7H2. The maximum atomic E-state index is 9.05. The van der Waals surface area contributed by atoms with Gasteiger partial charge in [-0.2, -0.15) is 0 Å². The van der Waals surface area contributed by atoms with Crippen LogP contribution in [-0.2, 0) is 0 Å². The summed E-state index contributed by atoms with van der Waals surface area (Å²) >= 11 is 0. The fourth-order valence-corrected chi connectivity index (χ4v) is 0.639. The van der Waals surface area contributed by atoms with Crippen molar-refractivity contribution in [3.8, 4) is 0 Å². The van der Waals surface area contributed by atoms with E-state index in [1.165, 1.54) is 6.08 Å². The first-order chi connectivity index (χ1) is 5.20. The molecule has 2 heteroatoms. The van der Waals surface area contributed by atoms with E-state index in [-0.39, 0.29) is 6.61 Å². The Hall–Kier alpha value is -0.860. The molecule has 0 aromatic rings. The summed E-state index contributed by atoms with van der Waals surface area (Å²) in [5.41, 5.74) is 0.784. The largest absolute Gasteiger partial charge is 0.392 e. The Labute approximate surface area is 67.2 Å². The highest BCUT2D eigenvalue weighted by atomic mass is 16.3. The van der Waals surface area contributed by atoms with E-state index in [9.17, 15) is 0 Å². The topological polar surface area (TPSA) is 40.5 Å². The lowest BCUT2D eigenvalue weighted by atomic mass is 10.1. The summed E-state index contributed by atoms with van der Waals surface area (Å²) < 4.78 is 0. The van der Waals surface area contributed by atoms with Gasteiger partial charge < -0.3 is 10.2 Å². The minimum Gasteiger partial charge on any atom is -0.392 e. The third-order valence-corrected chi connectivity index (χ3v) is 1.20. The summed E-state index contributed by atoms with van der Waals surface area (Å²) in [6.07, 6.45) is 4.66. The predicted octanol–water partition coefficient (Wildman–Crippen LogP) is 1.03. The number of allylic oxidation sites excluding steroid dienone is 1. The SMILES string of the molecule is C=CC(O)CC(=C)C=CCO. The fraction of sp³-hybridized carbons (Fsp3) is 0.333. The summed E-state index contributed by atoms with van der Waals surface area (Å²) in [7, 11) is 0. The first kappa shape index (κ1) is 10.1. The lowest BCUT2D eigenvalue weighted by molar-refractivity contribution is 0.225. The van der Waals surface area contributed by atoms with Gasteiger partial charge in [-0.3, -0.25) is 0 Å². The second-order valence-corrected chi connectivity index (χ2v) is 2.25. The smallest absolute Gasteiger partial charge is 0.0758 e. The molecular weight excluding hydrogens is 140 g/mol. The van der Waals surface area contributed by atoms with Gasteiger partial charge in [0.1, 0.15) is 0 Å². The Kier molecular flexibility index (Phi) is 5.43. The molecule has 0 aliphatic carbocycles. The van der Waals surface area contributed by atoms with Crippen LogP contribution in [0.4, 0.5) is 0 Å². The normalized spacial score (nSPS) is 13.3.